The molecule has 1 N–H and O–H groups in total. The van der Waals surface area contributed by atoms with Crippen molar-refractivity contribution in [2.45, 2.75) is 39.8 Å². The number of hydrogen-bond donors (Lipinski definition) is 1. The van der Waals surface area contributed by atoms with Crippen molar-refractivity contribution >= 4 is 17.9 Å². The zero-order chi connectivity index (χ0) is 18.0. The van der Waals surface area contributed by atoms with Crippen molar-refractivity contribution in [1.82, 2.24) is 9.97 Å². The highest BCUT2D eigenvalue weighted by Gasteiger charge is 2.37. The third kappa shape index (κ3) is 3.73. The quantitative estimate of drug-likeness (QED) is 0.893. The minimum Gasteiger partial charge on any atom is -0.447 e. The van der Waals surface area contributed by atoms with E-state index in [1.165, 1.54) is 5.56 Å². The number of nitrogens with one attached hydrogen (secondary N) is 1. The average Bonchev–Trinajstić information content (AvgIpc) is 2.97. The summed E-state index contributed by atoms with van der Waals surface area (Å²) in [6, 6.07) is 10.1. The first-order valence-electron chi connectivity index (χ1n) is 8.58. The van der Waals surface area contributed by atoms with Crippen molar-refractivity contribution in [2.24, 2.45) is 5.92 Å². The molecule has 0 saturated carbocycles. The van der Waals surface area contributed by atoms with Crippen LogP contribution in [0.15, 0.2) is 36.5 Å². The van der Waals surface area contributed by atoms with Gasteiger partial charge >= 0.3 is 6.09 Å². The summed E-state index contributed by atoms with van der Waals surface area (Å²) in [6.45, 7) is 8.66. The maximum atomic E-state index is 12.1. The topological polar surface area (TPSA) is 67.4 Å². The number of carbonyl (C=O) groups excluding carboxylic acids is 1. The van der Waals surface area contributed by atoms with E-state index in [9.17, 15) is 4.79 Å². The van der Waals surface area contributed by atoms with Crippen molar-refractivity contribution in [1.29, 1.82) is 0 Å². The van der Waals surface area contributed by atoms with Crippen LogP contribution in [0, 0.1) is 12.8 Å². The van der Waals surface area contributed by atoms with Gasteiger partial charge in [-0.05, 0) is 31.4 Å². The molecule has 1 aliphatic rings. The van der Waals surface area contributed by atoms with Gasteiger partial charge in [-0.2, -0.15) is 4.98 Å². The molecule has 2 heterocycles. The van der Waals surface area contributed by atoms with Crippen molar-refractivity contribution in [3.8, 4) is 0 Å². The highest BCUT2D eigenvalue weighted by atomic mass is 16.6. The van der Waals surface area contributed by atoms with Gasteiger partial charge in [0.05, 0.1) is 12.1 Å². The number of carbonyl (C=O) groups is 1. The van der Waals surface area contributed by atoms with Crippen LogP contribution in [0.4, 0.5) is 16.6 Å². The highest BCUT2D eigenvalue weighted by molar-refractivity contribution is 5.89. The number of anilines is 2. The van der Waals surface area contributed by atoms with Gasteiger partial charge in [-0.3, -0.25) is 4.90 Å². The van der Waals surface area contributed by atoms with E-state index in [-0.39, 0.29) is 24.1 Å². The van der Waals surface area contributed by atoms with Crippen LogP contribution in [0.5, 0.6) is 0 Å². The van der Waals surface area contributed by atoms with Gasteiger partial charge in [0, 0.05) is 6.20 Å². The third-order valence-corrected chi connectivity index (χ3v) is 4.45. The number of aromatic nitrogens is 2. The van der Waals surface area contributed by atoms with Crippen LogP contribution >= 0.6 is 0 Å². The molecule has 3 rings (SSSR count). The Hall–Kier alpha value is -2.63. The van der Waals surface area contributed by atoms with Gasteiger partial charge in [-0.15, -0.1) is 0 Å². The predicted molar refractivity (Wildman–Crippen MR) is 97.7 cm³/mol. The summed E-state index contributed by atoms with van der Waals surface area (Å²) < 4.78 is 5.20. The first-order chi connectivity index (χ1) is 12.0. The molecule has 1 aromatic carbocycles. The van der Waals surface area contributed by atoms with Gasteiger partial charge in [0.1, 0.15) is 12.4 Å². The zero-order valence-corrected chi connectivity index (χ0v) is 15.1. The lowest BCUT2D eigenvalue weighted by atomic mass is 10.0. The van der Waals surface area contributed by atoms with Gasteiger partial charge in [0.25, 0.3) is 0 Å². The molecule has 2 atom stereocenters. The number of ether oxygens (including phenoxy) is 1. The van der Waals surface area contributed by atoms with E-state index in [1.807, 2.05) is 6.07 Å². The number of amides is 1. The summed E-state index contributed by atoms with van der Waals surface area (Å²) in [5, 5.41) is 3.31. The van der Waals surface area contributed by atoms with Crippen molar-refractivity contribution in [2.75, 3.05) is 16.8 Å². The van der Waals surface area contributed by atoms with Crippen LogP contribution in [0.3, 0.4) is 0 Å². The highest BCUT2D eigenvalue weighted by Crippen LogP contribution is 2.26. The normalized spacial score (nSPS) is 18.4. The number of aryl methyl sites for hydroxylation is 1. The van der Waals surface area contributed by atoms with E-state index >= 15 is 0 Å². The van der Waals surface area contributed by atoms with E-state index in [0.29, 0.717) is 18.4 Å². The number of benzene rings is 1. The second-order valence-corrected chi connectivity index (χ2v) is 6.78. The first-order valence-corrected chi connectivity index (χ1v) is 8.58. The molecule has 25 heavy (non-hydrogen) atoms. The molecular weight excluding hydrogens is 316 g/mol. The Balaban J connectivity index is 1.81. The van der Waals surface area contributed by atoms with Crippen LogP contribution in [0.1, 0.15) is 37.9 Å². The lowest BCUT2D eigenvalue weighted by Gasteiger charge is -2.23. The molecule has 0 bridgehead atoms. The second kappa shape index (κ2) is 7.09. The molecule has 1 fully saturated rings. The van der Waals surface area contributed by atoms with Gasteiger partial charge in [-0.1, -0.05) is 43.7 Å². The molecule has 0 spiro atoms. The molecule has 132 valence electrons. The van der Waals surface area contributed by atoms with E-state index < -0.39 is 0 Å². The maximum Gasteiger partial charge on any atom is 0.415 e. The van der Waals surface area contributed by atoms with Gasteiger partial charge in [-0.25, -0.2) is 9.78 Å². The molecule has 2 aromatic rings. The zero-order valence-electron chi connectivity index (χ0n) is 15.1. The molecule has 0 aliphatic carbocycles. The Morgan fingerprint density at radius 1 is 1.28 bits per heavy atom. The summed E-state index contributed by atoms with van der Waals surface area (Å²) >= 11 is 0. The number of nitrogens with zero attached hydrogens (tertiary/aromatic N) is 3. The number of hydrogen-bond acceptors (Lipinski definition) is 5. The van der Waals surface area contributed by atoms with Crippen LogP contribution in [-0.4, -0.2) is 28.7 Å². The van der Waals surface area contributed by atoms with E-state index in [2.05, 4.69) is 61.2 Å². The Kier molecular flexibility index (Phi) is 4.88. The lowest BCUT2D eigenvalue weighted by Crippen LogP contribution is -2.37. The molecule has 1 amide bonds. The fourth-order valence-electron chi connectivity index (χ4n) is 2.96. The molecular formula is C19H24N4O2. The van der Waals surface area contributed by atoms with Crippen molar-refractivity contribution in [3.63, 3.8) is 0 Å². The lowest BCUT2D eigenvalue weighted by molar-refractivity contribution is 0.177. The van der Waals surface area contributed by atoms with Gasteiger partial charge < -0.3 is 10.1 Å². The summed E-state index contributed by atoms with van der Waals surface area (Å²) in [5.74, 6) is 1.34. The number of cyclic esters (lactones) is 1. The summed E-state index contributed by atoms with van der Waals surface area (Å²) in [7, 11) is 0. The smallest absolute Gasteiger partial charge is 0.415 e. The standard InChI is InChI=1S/C19H24N4O2/c1-12(2)16-11-25-19(24)23(16)17-8-9-20-18(22-17)21-14(4)15-7-5-6-13(3)10-15/h5-10,12,14,16H,11H2,1-4H3,(H,20,21,22)/t14-,16-/m1/s1. The third-order valence-electron chi connectivity index (χ3n) is 4.45. The van der Waals surface area contributed by atoms with E-state index in [4.69, 9.17) is 4.74 Å². The largest absolute Gasteiger partial charge is 0.447 e. The minimum atomic E-state index is -0.352. The summed E-state index contributed by atoms with van der Waals surface area (Å²) in [6.07, 6.45) is 1.31. The SMILES string of the molecule is Cc1cccc([C@@H](C)Nc2nccc(N3C(=O)OC[C@@H]3C(C)C)n2)c1. The van der Waals surface area contributed by atoms with Crippen LogP contribution in [0.2, 0.25) is 0 Å². The molecule has 0 radical (unpaired) electrons. The molecule has 6 heteroatoms. The Labute approximate surface area is 148 Å². The van der Waals surface area contributed by atoms with Crippen LogP contribution in [-0.2, 0) is 4.74 Å². The van der Waals surface area contributed by atoms with E-state index in [1.54, 1.807) is 17.2 Å². The minimum absolute atomic E-state index is 0.00977. The molecule has 1 aromatic heterocycles. The molecule has 1 saturated heterocycles. The monoisotopic (exact) mass is 340 g/mol. The van der Waals surface area contributed by atoms with Crippen molar-refractivity contribution < 1.29 is 9.53 Å². The average molecular weight is 340 g/mol. The van der Waals surface area contributed by atoms with Crippen LogP contribution in [0.25, 0.3) is 0 Å². The Morgan fingerprint density at radius 3 is 2.80 bits per heavy atom. The Morgan fingerprint density at radius 2 is 2.08 bits per heavy atom. The van der Waals surface area contributed by atoms with Gasteiger partial charge in [0.2, 0.25) is 5.95 Å². The fourth-order valence-corrected chi connectivity index (χ4v) is 2.96. The van der Waals surface area contributed by atoms with Gasteiger partial charge in [0.15, 0.2) is 0 Å². The summed E-state index contributed by atoms with van der Waals surface area (Å²) in [4.78, 5) is 22.5. The number of rotatable bonds is 5. The molecule has 0 unspecified atom stereocenters. The summed E-state index contributed by atoms with van der Waals surface area (Å²) in [5.41, 5.74) is 2.37. The second-order valence-electron chi connectivity index (χ2n) is 6.78. The van der Waals surface area contributed by atoms with E-state index in [0.717, 1.165) is 5.56 Å². The fraction of sp³-hybridized carbons (Fsp3) is 0.421. The Bertz CT molecular complexity index is 763. The first kappa shape index (κ1) is 17.2. The molecule has 1 aliphatic heterocycles. The van der Waals surface area contributed by atoms with Crippen molar-refractivity contribution in [3.05, 3.63) is 47.7 Å². The molecule has 6 nitrogen and oxygen atoms in total. The predicted octanol–water partition coefficient (Wildman–Crippen LogP) is 3.94. The maximum absolute atomic E-state index is 12.1. The van der Waals surface area contributed by atoms with Crippen LogP contribution < -0.4 is 10.2 Å².